The zero-order valence-corrected chi connectivity index (χ0v) is 13.4. The van der Waals surface area contributed by atoms with Crippen molar-refractivity contribution in [2.45, 2.75) is 6.54 Å². The second-order valence-corrected chi connectivity index (χ2v) is 6.13. The monoisotopic (exact) mass is 332 g/mol. The lowest BCUT2D eigenvalue weighted by molar-refractivity contribution is 0.0992. The Kier molecular flexibility index (Phi) is 3.96. The molecule has 1 aromatic carbocycles. The van der Waals surface area contributed by atoms with E-state index in [-0.39, 0.29) is 5.91 Å². The van der Waals surface area contributed by atoms with Crippen molar-refractivity contribution in [1.29, 1.82) is 0 Å². The molecule has 0 N–H and O–H groups in total. The van der Waals surface area contributed by atoms with Gasteiger partial charge in [0.15, 0.2) is 10.5 Å². The molecule has 5 nitrogen and oxygen atoms in total. The lowest BCUT2D eigenvalue weighted by atomic mass is 10.3. The number of aryl methyl sites for hydroxylation is 1. The first-order valence-electron chi connectivity index (χ1n) is 6.57. The number of amides is 1. The summed E-state index contributed by atoms with van der Waals surface area (Å²) in [5.41, 5.74) is 1.30. The molecule has 2 aromatic heterocycles. The topological polar surface area (TPSA) is 52.2 Å². The maximum absolute atomic E-state index is 12.2. The standard InChI is InChI=1S/C15H13ClN4OS/c1-3-7-20-12-5-4-10(16)9-13(12)22-15(20)17-14(21)11-6-8-19(2)18-11/h3-6,8-9H,1,7H2,2H3. The average molecular weight is 333 g/mol. The molecule has 7 heteroatoms. The summed E-state index contributed by atoms with van der Waals surface area (Å²) < 4.78 is 4.48. The molecular formula is C15H13ClN4OS. The summed E-state index contributed by atoms with van der Waals surface area (Å²) >= 11 is 7.45. The molecule has 22 heavy (non-hydrogen) atoms. The highest BCUT2D eigenvalue weighted by molar-refractivity contribution is 7.16. The van der Waals surface area contributed by atoms with Crippen molar-refractivity contribution in [3.05, 3.63) is 58.6 Å². The van der Waals surface area contributed by atoms with Crippen LogP contribution in [0.1, 0.15) is 10.5 Å². The molecule has 0 aliphatic rings. The molecule has 112 valence electrons. The second-order valence-electron chi connectivity index (χ2n) is 4.69. The summed E-state index contributed by atoms with van der Waals surface area (Å²) in [5, 5.41) is 4.73. The lowest BCUT2D eigenvalue weighted by Crippen LogP contribution is -2.16. The Balaban J connectivity index is 2.16. The molecule has 0 bridgehead atoms. The predicted molar refractivity (Wildman–Crippen MR) is 88.1 cm³/mol. The number of carbonyl (C=O) groups excluding carboxylic acids is 1. The summed E-state index contributed by atoms with van der Waals surface area (Å²) in [4.78, 5) is 17.0. The van der Waals surface area contributed by atoms with E-state index in [1.807, 2.05) is 22.8 Å². The van der Waals surface area contributed by atoms with E-state index >= 15 is 0 Å². The Morgan fingerprint density at radius 2 is 2.32 bits per heavy atom. The van der Waals surface area contributed by atoms with Crippen LogP contribution in [0, 0.1) is 0 Å². The fraction of sp³-hybridized carbons (Fsp3) is 0.133. The second kappa shape index (κ2) is 5.90. The van der Waals surface area contributed by atoms with Gasteiger partial charge >= 0.3 is 0 Å². The smallest absolute Gasteiger partial charge is 0.300 e. The molecule has 3 rings (SSSR count). The van der Waals surface area contributed by atoms with Crippen LogP contribution in [0.3, 0.4) is 0 Å². The highest BCUT2D eigenvalue weighted by atomic mass is 35.5. The van der Waals surface area contributed by atoms with E-state index in [0.29, 0.717) is 22.1 Å². The first-order chi connectivity index (χ1) is 10.6. The number of aromatic nitrogens is 3. The lowest BCUT2D eigenvalue weighted by Gasteiger charge is -2.00. The summed E-state index contributed by atoms with van der Waals surface area (Å²) in [6, 6.07) is 7.25. The number of thiazole rings is 1. The third-order valence-corrected chi connectivity index (χ3v) is 4.36. The van der Waals surface area contributed by atoms with Crippen LogP contribution in [-0.4, -0.2) is 20.3 Å². The number of nitrogens with zero attached hydrogens (tertiary/aromatic N) is 4. The van der Waals surface area contributed by atoms with Gasteiger partial charge in [0.05, 0.1) is 10.2 Å². The molecule has 0 fully saturated rings. The molecule has 0 radical (unpaired) electrons. The van der Waals surface area contributed by atoms with Gasteiger partial charge in [-0.05, 0) is 24.3 Å². The summed E-state index contributed by atoms with van der Waals surface area (Å²) in [6.07, 6.45) is 3.48. The van der Waals surface area contributed by atoms with Crippen molar-refractivity contribution in [1.82, 2.24) is 14.3 Å². The molecule has 0 aliphatic heterocycles. The van der Waals surface area contributed by atoms with Crippen LogP contribution in [-0.2, 0) is 13.6 Å². The quantitative estimate of drug-likeness (QED) is 0.692. The van der Waals surface area contributed by atoms with Gasteiger partial charge < -0.3 is 4.57 Å². The SMILES string of the molecule is C=CCn1c(=NC(=O)c2ccn(C)n2)sc2cc(Cl)ccc21. The van der Waals surface area contributed by atoms with E-state index in [0.717, 1.165) is 10.2 Å². The number of fused-ring (bicyclic) bond motifs is 1. The van der Waals surface area contributed by atoms with E-state index < -0.39 is 0 Å². The zero-order valence-electron chi connectivity index (χ0n) is 11.9. The third kappa shape index (κ3) is 2.75. The van der Waals surface area contributed by atoms with Gasteiger partial charge in [-0.25, -0.2) is 0 Å². The summed E-state index contributed by atoms with van der Waals surface area (Å²) in [7, 11) is 1.76. The average Bonchev–Trinajstić information content (AvgIpc) is 3.04. The maximum Gasteiger partial charge on any atom is 0.300 e. The van der Waals surface area contributed by atoms with Crippen LogP contribution >= 0.6 is 22.9 Å². The van der Waals surface area contributed by atoms with Gasteiger partial charge in [0.1, 0.15) is 0 Å². The summed E-state index contributed by atoms with van der Waals surface area (Å²) in [5.74, 6) is -0.365. The van der Waals surface area contributed by atoms with Gasteiger partial charge in [0.2, 0.25) is 0 Å². The van der Waals surface area contributed by atoms with Crippen molar-refractivity contribution < 1.29 is 4.79 Å². The molecule has 2 heterocycles. The van der Waals surface area contributed by atoms with Crippen molar-refractivity contribution in [3.63, 3.8) is 0 Å². The van der Waals surface area contributed by atoms with Crippen molar-refractivity contribution >= 4 is 39.1 Å². The Bertz CT molecular complexity index is 935. The molecule has 0 unspecified atom stereocenters. The highest BCUT2D eigenvalue weighted by Gasteiger charge is 2.10. The van der Waals surface area contributed by atoms with Crippen LogP contribution in [0.4, 0.5) is 0 Å². The van der Waals surface area contributed by atoms with Crippen LogP contribution < -0.4 is 4.80 Å². The number of hydrogen-bond acceptors (Lipinski definition) is 3. The number of rotatable bonds is 3. The van der Waals surface area contributed by atoms with E-state index in [9.17, 15) is 4.79 Å². The van der Waals surface area contributed by atoms with Crippen LogP contribution in [0.25, 0.3) is 10.2 Å². The minimum absolute atomic E-state index is 0.322. The minimum atomic E-state index is -0.365. The van der Waals surface area contributed by atoms with Crippen molar-refractivity contribution in [2.24, 2.45) is 12.0 Å². The molecule has 1 amide bonds. The molecule has 0 saturated heterocycles. The van der Waals surface area contributed by atoms with Crippen molar-refractivity contribution in [3.8, 4) is 0 Å². The van der Waals surface area contributed by atoms with E-state index in [1.54, 1.807) is 30.1 Å². The van der Waals surface area contributed by atoms with Gasteiger partial charge in [0.25, 0.3) is 5.91 Å². The number of halogens is 1. The minimum Gasteiger partial charge on any atom is -0.312 e. The largest absolute Gasteiger partial charge is 0.312 e. The first kappa shape index (κ1) is 14.7. The Hall–Kier alpha value is -2.18. The van der Waals surface area contributed by atoms with Gasteiger partial charge in [0, 0.05) is 24.8 Å². The van der Waals surface area contributed by atoms with Gasteiger partial charge in [-0.3, -0.25) is 9.48 Å². The fourth-order valence-corrected chi connectivity index (χ4v) is 3.43. The normalized spacial score (nSPS) is 12.0. The number of carbonyl (C=O) groups is 1. The highest BCUT2D eigenvalue weighted by Crippen LogP contribution is 2.22. The maximum atomic E-state index is 12.2. The third-order valence-electron chi connectivity index (χ3n) is 3.09. The number of benzene rings is 1. The Morgan fingerprint density at radius 3 is 3.00 bits per heavy atom. The number of hydrogen-bond donors (Lipinski definition) is 0. The molecule has 0 spiro atoms. The van der Waals surface area contributed by atoms with Gasteiger partial charge in [-0.1, -0.05) is 29.0 Å². The van der Waals surface area contributed by atoms with Crippen LogP contribution in [0.2, 0.25) is 5.02 Å². The molecule has 3 aromatic rings. The molecule has 0 saturated carbocycles. The first-order valence-corrected chi connectivity index (χ1v) is 7.76. The number of allylic oxidation sites excluding steroid dienone is 1. The van der Waals surface area contributed by atoms with Crippen LogP contribution in [0.15, 0.2) is 48.1 Å². The predicted octanol–water partition coefficient (Wildman–Crippen LogP) is 3.02. The molecule has 0 aliphatic carbocycles. The zero-order chi connectivity index (χ0) is 15.7. The van der Waals surface area contributed by atoms with Gasteiger partial charge in [-0.2, -0.15) is 10.1 Å². The molecular weight excluding hydrogens is 320 g/mol. The molecule has 0 atom stereocenters. The fourth-order valence-electron chi connectivity index (χ4n) is 2.11. The Labute approximate surface area is 135 Å². The van der Waals surface area contributed by atoms with Gasteiger partial charge in [-0.15, -0.1) is 6.58 Å². The van der Waals surface area contributed by atoms with E-state index in [2.05, 4.69) is 16.7 Å². The summed E-state index contributed by atoms with van der Waals surface area (Å²) in [6.45, 7) is 4.32. The Morgan fingerprint density at radius 1 is 1.50 bits per heavy atom. The van der Waals surface area contributed by atoms with Crippen molar-refractivity contribution in [2.75, 3.05) is 0 Å². The van der Waals surface area contributed by atoms with E-state index in [1.165, 1.54) is 11.3 Å². The van der Waals surface area contributed by atoms with Crippen LogP contribution in [0.5, 0.6) is 0 Å². The van der Waals surface area contributed by atoms with E-state index in [4.69, 9.17) is 11.6 Å².